The van der Waals surface area contributed by atoms with Crippen LogP contribution in [0.3, 0.4) is 0 Å². The third kappa shape index (κ3) is 5.12. The van der Waals surface area contributed by atoms with E-state index in [4.69, 9.17) is 4.74 Å². The lowest BCUT2D eigenvalue weighted by Gasteiger charge is -2.37. The number of hydrogen-bond acceptors (Lipinski definition) is 5. The molecule has 28 heavy (non-hydrogen) atoms. The molecule has 2 aliphatic rings. The van der Waals surface area contributed by atoms with E-state index in [1.165, 1.54) is 6.07 Å². The summed E-state index contributed by atoms with van der Waals surface area (Å²) in [5, 5.41) is 3.15. The minimum absolute atomic E-state index is 0.171. The standard InChI is InChI=1S/C19H26F3N3O2S/c1-13-14(2)28-10-7-25(13)12-18(26)23-16-11-15(19(20,21)22)3-4-17(16)24-5-8-27-9-6-24/h3-4,11,13-14H,5-10,12H2,1-2H3,(H,23,26). The van der Waals surface area contributed by atoms with E-state index in [1.54, 1.807) is 0 Å². The van der Waals surface area contributed by atoms with Crippen LogP contribution in [-0.4, -0.2) is 67.2 Å². The van der Waals surface area contributed by atoms with E-state index in [-0.39, 0.29) is 24.2 Å². The number of ether oxygens (including phenoxy) is 1. The predicted molar refractivity (Wildman–Crippen MR) is 106 cm³/mol. The number of benzene rings is 1. The van der Waals surface area contributed by atoms with Gasteiger partial charge < -0.3 is 15.0 Å². The van der Waals surface area contributed by atoms with Crippen molar-refractivity contribution < 1.29 is 22.7 Å². The molecule has 0 radical (unpaired) electrons. The van der Waals surface area contributed by atoms with Gasteiger partial charge in [-0.05, 0) is 25.1 Å². The second-order valence-corrected chi connectivity index (χ2v) is 8.65. The molecule has 5 nitrogen and oxygen atoms in total. The molecule has 0 aromatic heterocycles. The molecule has 2 saturated heterocycles. The summed E-state index contributed by atoms with van der Waals surface area (Å²) < 4.78 is 44.9. The number of morpholine rings is 1. The van der Waals surface area contributed by atoms with Crippen LogP contribution in [0.1, 0.15) is 19.4 Å². The molecule has 1 aromatic carbocycles. The van der Waals surface area contributed by atoms with Crippen molar-refractivity contribution in [3.8, 4) is 0 Å². The van der Waals surface area contributed by atoms with Crippen LogP contribution in [0.4, 0.5) is 24.5 Å². The normalized spacial score (nSPS) is 24.2. The molecule has 0 saturated carbocycles. The first-order valence-electron chi connectivity index (χ1n) is 9.45. The van der Waals surface area contributed by atoms with Gasteiger partial charge in [-0.3, -0.25) is 9.69 Å². The van der Waals surface area contributed by atoms with Crippen molar-refractivity contribution in [2.24, 2.45) is 0 Å². The summed E-state index contributed by atoms with van der Waals surface area (Å²) in [5.74, 6) is 0.654. The Morgan fingerprint density at radius 2 is 1.96 bits per heavy atom. The van der Waals surface area contributed by atoms with Gasteiger partial charge in [-0.2, -0.15) is 24.9 Å². The van der Waals surface area contributed by atoms with Crippen molar-refractivity contribution in [3.05, 3.63) is 23.8 Å². The van der Waals surface area contributed by atoms with Gasteiger partial charge in [0.15, 0.2) is 0 Å². The van der Waals surface area contributed by atoms with Crippen LogP contribution in [0.15, 0.2) is 18.2 Å². The van der Waals surface area contributed by atoms with E-state index >= 15 is 0 Å². The smallest absolute Gasteiger partial charge is 0.378 e. The van der Waals surface area contributed by atoms with E-state index in [9.17, 15) is 18.0 Å². The third-order valence-electron chi connectivity index (χ3n) is 5.31. The Balaban J connectivity index is 1.78. The highest BCUT2D eigenvalue weighted by molar-refractivity contribution is 8.00. The van der Waals surface area contributed by atoms with Gasteiger partial charge in [-0.25, -0.2) is 0 Å². The van der Waals surface area contributed by atoms with E-state index in [0.717, 1.165) is 24.4 Å². The molecular formula is C19H26F3N3O2S. The summed E-state index contributed by atoms with van der Waals surface area (Å²) in [6.07, 6.45) is -4.46. The van der Waals surface area contributed by atoms with Crippen molar-refractivity contribution in [1.82, 2.24) is 4.90 Å². The highest BCUT2D eigenvalue weighted by atomic mass is 32.2. The van der Waals surface area contributed by atoms with Gasteiger partial charge in [-0.1, -0.05) is 6.92 Å². The van der Waals surface area contributed by atoms with Crippen molar-refractivity contribution in [3.63, 3.8) is 0 Å². The van der Waals surface area contributed by atoms with Crippen molar-refractivity contribution in [2.45, 2.75) is 31.3 Å². The van der Waals surface area contributed by atoms with E-state index in [1.807, 2.05) is 16.7 Å². The molecule has 2 heterocycles. The number of halogens is 3. The lowest BCUT2D eigenvalue weighted by Crippen LogP contribution is -2.48. The van der Waals surface area contributed by atoms with E-state index < -0.39 is 11.7 Å². The number of carbonyl (C=O) groups excluding carboxylic acids is 1. The van der Waals surface area contributed by atoms with Gasteiger partial charge in [0, 0.05) is 36.7 Å². The first-order chi connectivity index (χ1) is 13.3. The largest absolute Gasteiger partial charge is 0.416 e. The lowest BCUT2D eigenvalue weighted by atomic mass is 10.1. The molecular weight excluding hydrogens is 391 g/mol. The number of alkyl halides is 3. The summed E-state index contributed by atoms with van der Waals surface area (Å²) in [5.41, 5.74) is 0.0326. The van der Waals surface area contributed by atoms with Crippen molar-refractivity contribution in [2.75, 3.05) is 55.4 Å². The minimum atomic E-state index is -4.46. The fourth-order valence-electron chi connectivity index (χ4n) is 3.49. The lowest BCUT2D eigenvalue weighted by molar-refractivity contribution is -0.137. The van der Waals surface area contributed by atoms with Gasteiger partial charge in [0.1, 0.15) is 0 Å². The van der Waals surface area contributed by atoms with Crippen LogP contribution in [0, 0.1) is 0 Å². The molecule has 1 amide bonds. The summed E-state index contributed by atoms with van der Waals surface area (Å²) >= 11 is 1.87. The van der Waals surface area contributed by atoms with Crippen LogP contribution in [0.5, 0.6) is 0 Å². The monoisotopic (exact) mass is 417 g/mol. The number of thioether (sulfide) groups is 1. The maximum Gasteiger partial charge on any atom is 0.416 e. The zero-order valence-electron chi connectivity index (χ0n) is 16.1. The Kier molecular flexibility index (Phi) is 6.77. The van der Waals surface area contributed by atoms with Gasteiger partial charge in [-0.15, -0.1) is 0 Å². The van der Waals surface area contributed by atoms with E-state index in [0.29, 0.717) is 37.2 Å². The molecule has 0 bridgehead atoms. The topological polar surface area (TPSA) is 44.8 Å². The van der Waals surface area contributed by atoms with Crippen LogP contribution in [-0.2, 0) is 15.7 Å². The molecule has 1 N–H and O–H groups in total. The zero-order chi connectivity index (χ0) is 20.3. The number of hydrogen-bond donors (Lipinski definition) is 1. The van der Waals surface area contributed by atoms with Gasteiger partial charge in [0.05, 0.1) is 36.7 Å². The van der Waals surface area contributed by atoms with Gasteiger partial charge in [0.2, 0.25) is 5.91 Å². The summed E-state index contributed by atoms with van der Waals surface area (Å²) in [6.45, 7) is 7.34. The first kappa shape index (κ1) is 21.3. The second kappa shape index (κ2) is 8.92. The van der Waals surface area contributed by atoms with Crippen LogP contribution in [0.2, 0.25) is 0 Å². The summed E-state index contributed by atoms with van der Waals surface area (Å²) in [7, 11) is 0. The van der Waals surface area contributed by atoms with Crippen LogP contribution in [0.25, 0.3) is 0 Å². The molecule has 0 spiro atoms. The number of nitrogens with one attached hydrogen (secondary N) is 1. The average Bonchev–Trinajstić information content (AvgIpc) is 2.65. The second-order valence-electron chi connectivity index (χ2n) is 7.16. The van der Waals surface area contributed by atoms with Gasteiger partial charge >= 0.3 is 6.18 Å². The molecule has 2 fully saturated rings. The number of nitrogens with zero attached hydrogens (tertiary/aromatic N) is 2. The van der Waals surface area contributed by atoms with E-state index in [2.05, 4.69) is 24.1 Å². The van der Waals surface area contributed by atoms with Crippen LogP contribution < -0.4 is 10.2 Å². The fourth-order valence-corrected chi connectivity index (χ4v) is 4.65. The number of carbonyl (C=O) groups is 1. The molecule has 156 valence electrons. The molecule has 1 aromatic rings. The molecule has 3 rings (SSSR count). The quantitative estimate of drug-likeness (QED) is 0.815. The summed E-state index contributed by atoms with van der Waals surface area (Å²) in [4.78, 5) is 16.7. The Morgan fingerprint density at radius 1 is 1.25 bits per heavy atom. The maximum atomic E-state index is 13.2. The predicted octanol–water partition coefficient (Wildman–Crippen LogP) is 3.31. The zero-order valence-corrected chi connectivity index (χ0v) is 16.9. The highest BCUT2D eigenvalue weighted by Gasteiger charge is 2.32. The molecule has 2 atom stereocenters. The molecule has 9 heteroatoms. The molecule has 0 aliphatic carbocycles. The van der Waals surface area contributed by atoms with Gasteiger partial charge in [0.25, 0.3) is 0 Å². The maximum absolute atomic E-state index is 13.2. The number of amides is 1. The first-order valence-corrected chi connectivity index (χ1v) is 10.5. The third-order valence-corrected chi connectivity index (χ3v) is 6.65. The Bertz CT molecular complexity index is 695. The van der Waals surface area contributed by atoms with Crippen LogP contribution >= 0.6 is 11.8 Å². The average molecular weight is 417 g/mol. The molecule has 2 aliphatic heterocycles. The minimum Gasteiger partial charge on any atom is -0.378 e. The Labute approximate surface area is 167 Å². The number of rotatable bonds is 4. The Morgan fingerprint density at radius 3 is 2.64 bits per heavy atom. The fraction of sp³-hybridized carbons (Fsp3) is 0.632. The highest BCUT2D eigenvalue weighted by Crippen LogP contribution is 2.36. The summed E-state index contributed by atoms with van der Waals surface area (Å²) in [6, 6.07) is 3.77. The van der Waals surface area contributed by atoms with Crippen molar-refractivity contribution >= 4 is 29.0 Å². The number of anilines is 2. The van der Waals surface area contributed by atoms with Crippen molar-refractivity contribution in [1.29, 1.82) is 0 Å². The SMILES string of the molecule is CC1SCCN(CC(=O)Nc2cc(C(F)(F)F)ccc2N2CCOCC2)C1C. The Hall–Kier alpha value is -1.45. The molecule has 2 unspecified atom stereocenters.